The van der Waals surface area contributed by atoms with E-state index in [0.29, 0.717) is 12.5 Å². The van der Waals surface area contributed by atoms with E-state index in [9.17, 15) is 0 Å². The molecule has 0 aliphatic rings. The standard InChI is InChI=1S/C12H17N/c1-10(2)12-7-3-5-11(9-12)6-4-8-13/h3-7,9-10H,8,13H2,1-2H3. The molecule has 0 aromatic heterocycles. The fourth-order valence-electron chi connectivity index (χ4n) is 1.23. The van der Waals surface area contributed by atoms with Crippen molar-refractivity contribution in [2.45, 2.75) is 19.8 Å². The molecule has 0 aliphatic carbocycles. The first kappa shape index (κ1) is 10.0. The van der Waals surface area contributed by atoms with Crippen molar-refractivity contribution in [2.75, 3.05) is 6.54 Å². The number of hydrogen-bond donors (Lipinski definition) is 1. The van der Waals surface area contributed by atoms with E-state index >= 15 is 0 Å². The first-order chi connectivity index (χ1) is 6.24. The number of hydrogen-bond acceptors (Lipinski definition) is 1. The molecule has 1 rings (SSSR count). The monoisotopic (exact) mass is 175 g/mol. The van der Waals surface area contributed by atoms with Crippen LogP contribution >= 0.6 is 0 Å². The zero-order valence-corrected chi connectivity index (χ0v) is 8.33. The van der Waals surface area contributed by atoms with Crippen LogP contribution in [0.15, 0.2) is 30.3 Å². The van der Waals surface area contributed by atoms with Gasteiger partial charge in [-0.05, 0) is 17.0 Å². The van der Waals surface area contributed by atoms with Crippen LogP contribution in [0.5, 0.6) is 0 Å². The van der Waals surface area contributed by atoms with Gasteiger partial charge in [-0.3, -0.25) is 0 Å². The Morgan fingerprint density at radius 3 is 2.77 bits per heavy atom. The van der Waals surface area contributed by atoms with Crippen molar-refractivity contribution in [2.24, 2.45) is 5.73 Å². The van der Waals surface area contributed by atoms with E-state index in [0.717, 1.165) is 0 Å². The molecule has 0 aliphatic heterocycles. The quantitative estimate of drug-likeness (QED) is 0.751. The fraction of sp³-hybridized carbons (Fsp3) is 0.333. The Kier molecular flexibility index (Phi) is 3.71. The van der Waals surface area contributed by atoms with Crippen LogP contribution in [0, 0.1) is 0 Å². The average Bonchev–Trinajstić information content (AvgIpc) is 2.15. The van der Waals surface area contributed by atoms with Gasteiger partial charge in [0, 0.05) is 6.54 Å². The van der Waals surface area contributed by atoms with Gasteiger partial charge in [0.05, 0.1) is 0 Å². The van der Waals surface area contributed by atoms with E-state index in [1.54, 1.807) is 0 Å². The van der Waals surface area contributed by atoms with Crippen molar-refractivity contribution >= 4 is 6.08 Å². The normalized spacial score (nSPS) is 11.4. The van der Waals surface area contributed by atoms with Gasteiger partial charge in [-0.2, -0.15) is 0 Å². The zero-order chi connectivity index (χ0) is 9.68. The third-order valence-corrected chi connectivity index (χ3v) is 2.02. The maximum Gasteiger partial charge on any atom is 0.0110 e. The highest BCUT2D eigenvalue weighted by Crippen LogP contribution is 2.16. The van der Waals surface area contributed by atoms with Crippen molar-refractivity contribution in [1.82, 2.24) is 0 Å². The van der Waals surface area contributed by atoms with Gasteiger partial charge >= 0.3 is 0 Å². The highest BCUT2D eigenvalue weighted by Gasteiger charge is 1.97. The second kappa shape index (κ2) is 4.83. The SMILES string of the molecule is CC(C)c1cccc(C=CCN)c1. The van der Waals surface area contributed by atoms with E-state index in [2.05, 4.69) is 44.2 Å². The maximum atomic E-state index is 5.39. The summed E-state index contributed by atoms with van der Waals surface area (Å²) >= 11 is 0. The lowest BCUT2D eigenvalue weighted by atomic mass is 10.0. The smallest absolute Gasteiger partial charge is 0.0110 e. The van der Waals surface area contributed by atoms with Gasteiger partial charge in [0.15, 0.2) is 0 Å². The fourth-order valence-corrected chi connectivity index (χ4v) is 1.23. The average molecular weight is 175 g/mol. The highest BCUT2D eigenvalue weighted by atomic mass is 14.5. The molecule has 0 fully saturated rings. The van der Waals surface area contributed by atoms with Crippen LogP contribution in [0.1, 0.15) is 30.9 Å². The third-order valence-electron chi connectivity index (χ3n) is 2.02. The molecule has 0 unspecified atom stereocenters. The predicted molar refractivity (Wildman–Crippen MR) is 58.6 cm³/mol. The molecule has 1 heteroatoms. The van der Waals surface area contributed by atoms with Crippen molar-refractivity contribution < 1.29 is 0 Å². The molecule has 70 valence electrons. The van der Waals surface area contributed by atoms with Crippen molar-refractivity contribution in [3.8, 4) is 0 Å². The largest absolute Gasteiger partial charge is 0.327 e. The Hall–Kier alpha value is -1.08. The molecule has 1 aromatic carbocycles. The number of benzene rings is 1. The van der Waals surface area contributed by atoms with Gasteiger partial charge in [-0.25, -0.2) is 0 Å². The second-order valence-electron chi connectivity index (χ2n) is 3.46. The highest BCUT2D eigenvalue weighted by molar-refractivity contribution is 5.50. The summed E-state index contributed by atoms with van der Waals surface area (Å²) in [6.07, 6.45) is 4.03. The molecule has 1 nitrogen and oxygen atoms in total. The molecule has 13 heavy (non-hydrogen) atoms. The molecule has 0 atom stereocenters. The van der Waals surface area contributed by atoms with Crippen LogP contribution in [0.3, 0.4) is 0 Å². The summed E-state index contributed by atoms with van der Waals surface area (Å²) in [5, 5.41) is 0. The van der Waals surface area contributed by atoms with Crippen LogP contribution in [0.25, 0.3) is 6.08 Å². The van der Waals surface area contributed by atoms with E-state index in [1.807, 2.05) is 6.08 Å². The van der Waals surface area contributed by atoms with Gasteiger partial charge in [-0.1, -0.05) is 50.3 Å². The molecule has 0 saturated carbocycles. The molecular formula is C12H17N. The van der Waals surface area contributed by atoms with Gasteiger partial charge in [0.1, 0.15) is 0 Å². The molecule has 0 spiro atoms. The molecule has 2 N–H and O–H groups in total. The molecule has 0 heterocycles. The van der Waals surface area contributed by atoms with Gasteiger partial charge in [0.25, 0.3) is 0 Å². The Morgan fingerprint density at radius 2 is 2.15 bits per heavy atom. The second-order valence-corrected chi connectivity index (χ2v) is 3.46. The summed E-state index contributed by atoms with van der Waals surface area (Å²) in [5.74, 6) is 0.589. The van der Waals surface area contributed by atoms with Crippen LogP contribution in [-0.4, -0.2) is 6.54 Å². The van der Waals surface area contributed by atoms with E-state index < -0.39 is 0 Å². The summed E-state index contributed by atoms with van der Waals surface area (Å²) in [4.78, 5) is 0. The molecule has 0 radical (unpaired) electrons. The minimum Gasteiger partial charge on any atom is -0.327 e. The lowest BCUT2D eigenvalue weighted by molar-refractivity contribution is 0.866. The number of nitrogens with two attached hydrogens (primary N) is 1. The Bertz CT molecular complexity index is 287. The summed E-state index contributed by atoms with van der Waals surface area (Å²) in [7, 11) is 0. The molecule has 0 bridgehead atoms. The molecule has 0 amide bonds. The maximum absolute atomic E-state index is 5.39. The third kappa shape index (κ3) is 3.03. The van der Waals surface area contributed by atoms with E-state index in [-0.39, 0.29) is 0 Å². The van der Waals surface area contributed by atoms with Crippen LogP contribution < -0.4 is 5.73 Å². The summed E-state index contributed by atoms with van der Waals surface area (Å²) in [6, 6.07) is 8.55. The Morgan fingerprint density at radius 1 is 1.38 bits per heavy atom. The molecule has 1 aromatic rings. The first-order valence-electron chi connectivity index (χ1n) is 4.70. The predicted octanol–water partition coefficient (Wildman–Crippen LogP) is 2.78. The van der Waals surface area contributed by atoms with Gasteiger partial charge in [-0.15, -0.1) is 0 Å². The first-order valence-corrected chi connectivity index (χ1v) is 4.70. The zero-order valence-electron chi connectivity index (χ0n) is 8.33. The van der Waals surface area contributed by atoms with Gasteiger partial charge < -0.3 is 5.73 Å². The van der Waals surface area contributed by atoms with Crippen LogP contribution in [0.4, 0.5) is 0 Å². The van der Waals surface area contributed by atoms with Crippen molar-refractivity contribution in [1.29, 1.82) is 0 Å². The minimum absolute atomic E-state index is 0.589. The van der Waals surface area contributed by atoms with Crippen LogP contribution in [0.2, 0.25) is 0 Å². The summed E-state index contributed by atoms with van der Waals surface area (Å²) in [6.45, 7) is 5.00. The van der Waals surface area contributed by atoms with E-state index in [4.69, 9.17) is 5.73 Å². The Labute approximate surface area is 80.3 Å². The Balaban J connectivity index is 2.85. The van der Waals surface area contributed by atoms with Crippen molar-refractivity contribution in [3.63, 3.8) is 0 Å². The topological polar surface area (TPSA) is 26.0 Å². The lowest BCUT2D eigenvalue weighted by Crippen LogP contribution is -1.92. The summed E-state index contributed by atoms with van der Waals surface area (Å²) < 4.78 is 0. The van der Waals surface area contributed by atoms with Crippen LogP contribution in [-0.2, 0) is 0 Å². The lowest BCUT2D eigenvalue weighted by Gasteiger charge is -2.05. The van der Waals surface area contributed by atoms with E-state index in [1.165, 1.54) is 11.1 Å². The van der Waals surface area contributed by atoms with Gasteiger partial charge in [0.2, 0.25) is 0 Å². The molecule has 0 saturated heterocycles. The minimum atomic E-state index is 0.589. The van der Waals surface area contributed by atoms with Crippen molar-refractivity contribution in [3.05, 3.63) is 41.5 Å². The summed E-state index contributed by atoms with van der Waals surface area (Å²) in [5.41, 5.74) is 7.99. The number of rotatable bonds is 3. The molecular weight excluding hydrogens is 158 g/mol.